The summed E-state index contributed by atoms with van der Waals surface area (Å²) in [5.74, 6) is 0.0621. The van der Waals surface area contributed by atoms with Gasteiger partial charge in [0.1, 0.15) is 12.3 Å². The molecule has 0 spiro atoms. The van der Waals surface area contributed by atoms with Crippen LogP contribution in [0, 0.1) is 0 Å². The molecule has 0 saturated heterocycles. The summed E-state index contributed by atoms with van der Waals surface area (Å²) in [6, 6.07) is 27.3. The normalized spacial score (nSPS) is 14.3. The molecular formula is C29H18Cl4N2O2. The van der Waals surface area contributed by atoms with Crippen molar-refractivity contribution >= 4 is 69.8 Å². The van der Waals surface area contributed by atoms with Gasteiger partial charge in [-0.3, -0.25) is 4.79 Å². The molecule has 0 N–H and O–H groups in total. The van der Waals surface area contributed by atoms with E-state index in [0.29, 0.717) is 48.4 Å². The molecule has 4 aromatic carbocycles. The van der Waals surface area contributed by atoms with Crippen LogP contribution in [-0.4, -0.2) is 11.6 Å². The van der Waals surface area contributed by atoms with Gasteiger partial charge >= 0.3 is 0 Å². The zero-order chi connectivity index (χ0) is 25.9. The molecule has 0 atom stereocenters. The highest BCUT2D eigenvalue weighted by molar-refractivity contribution is 6.39. The molecule has 0 unspecified atom stereocenters. The van der Waals surface area contributed by atoms with Crippen LogP contribution in [0.5, 0.6) is 5.75 Å². The summed E-state index contributed by atoms with van der Waals surface area (Å²) in [4.78, 5) is 13.5. The average molecular weight is 568 g/mol. The van der Waals surface area contributed by atoms with Crippen LogP contribution in [0.25, 0.3) is 6.08 Å². The number of benzene rings is 4. The number of anilines is 1. The number of rotatable bonds is 6. The van der Waals surface area contributed by atoms with Crippen molar-refractivity contribution in [3.05, 3.63) is 133 Å². The van der Waals surface area contributed by atoms with Gasteiger partial charge in [-0.05, 0) is 48.0 Å². The Morgan fingerprint density at radius 2 is 1.43 bits per heavy atom. The minimum absolute atomic E-state index is 0.158. The molecule has 4 aromatic rings. The summed E-state index contributed by atoms with van der Waals surface area (Å²) in [5.41, 5.74) is 3.84. The number of ether oxygens (including phenoxy) is 1. The third kappa shape index (κ3) is 5.53. The minimum Gasteiger partial charge on any atom is -0.486 e. The highest BCUT2D eigenvalue weighted by atomic mass is 35.5. The Labute approximate surface area is 234 Å². The van der Waals surface area contributed by atoms with Gasteiger partial charge < -0.3 is 4.74 Å². The van der Waals surface area contributed by atoms with E-state index in [9.17, 15) is 4.79 Å². The van der Waals surface area contributed by atoms with E-state index in [1.54, 1.807) is 36.4 Å². The highest BCUT2D eigenvalue weighted by Crippen LogP contribution is 2.37. The Bertz CT molecular complexity index is 1510. The maximum atomic E-state index is 13.5. The number of halogens is 4. The van der Waals surface area contributed by atoms with E-state index in [-0.39, 0.29) is 12.5 Å². The number of carbonyl (C=O) groups excluding carboxylic acids is 1. The molecule has 1 amide bonds. The topological polar surface area (TPSA) is 41.9 Å². The first-order chi connectivity index (χ1) is 17.9. The molecule has 0 bridgehead atoms. The third-order valence-corrected chi connectivity index (χ3v) is 6.79. The number of hydrogen-bond acceptors (Lipinski definition) is 3. The fraction of sp³-hybridized carbons (Fsp3) is 0.0345. The van der Waals surface area contributed by atoms with Crippen LogP contribution in [0.15, 0.2) is 102 Å². The van der Waals surface area contributed by atoms with Crippen LogP contribution < -0.4 is 9.75 Å². The lowest BCUT2D eigenvalue weighted by atomic mass is 10.00. The van der Waals surface area contributed by atoms with Crippen molar-refractivity contribution in [1.29, 1.82) is 0 Å². The van der Waals surface area contributed by atoms with Crippen LogP contribution in [0.2, 0.25) is 20.1 Å². The van der Waals surface area contributed by atoms with E-state index < -0.39 is 0 Å². The van der Waals surface area contributed by atoms with Crippen molar-refractivity contribution in [1.82, 2.24) is 0 Å². The lowest BCUT2D eigenvalue weighted by molar-refractivity contribution is -0.114. The van der Waals surface area contributed by atoms with Crippen LogP contribution in [0.4, 0.5) is 5.69 Å². The van der Waals surface area contributed by atoms with Crippen molar-refractivity contribution < 1.29 is 9.53 Å². The molecule has 4 nitrogen and oxygen atoms in total. The van der Waals surface area contributed by atoms with E-state index >= 15 is 0 Å². The van der Waals surface area contributed by atoms with Crippen molar-refractivity contribution in [2.45, 2.75) is 6.61 Å². The number of carbonyl (C=O) groups is 1. The maximum absolute atomic E-state index is 13.5. The molecule has 1 aliphatic heterocycles. The maximum Gasteiger partial charge on any atom is 0.281 e. The lowest BCUT2D eigenvalue weighted by Gasteiger charge is -2.13. The molecule has 1 heterocycles. The quantitative estimate of drug-likeness (QED) is 0.219. The summed E-state index contributed by atoms with van der Waals surface area (Å²) in [5, 5.41) is 7.66. The molecule has 0 radical (unpaired) electrons. The zero-order valence-corrected chi connectivity index (χ0v) is 22.2. The molecule has 0 aromatic heterocycles. The monoisotopic (exact) mass is 566 g/mol. The van der Waals surface area contributed by atoms with E-state index in [1.807, 2.05) is 60.7 Å². The number of nitrogens with zero attached hydrogens (tertiary/aromatic N) is 2. The Balaban J connectivity index is 1.47. The van der Waals surface area contributed by atoms with Crippen LogP contribution in [-0.2, 0) is 11.4 Å². The van der Waals surface area contributed by atoms with Gasteiger partial charge in [0.25, 0.3) is 5.91 Å². The smallest absolute Gasteiger partial charge is 0.281 e. The van der Waals surface area contributed by atoms with Gasteiger partial charge in [0.2, 0.25) is 0 Å². The van der Waals surface area contributed by atoms with Gasteiger partial charge in [0.05, 0.1) is 21.3 Å². The molecule has 37 heavy (non-hydrogen) atoms. The van der Waals surface area contributed by atoms with Crippen molar-refractivity contribution in [3.8, 4) is 5.75 Å². The highest BCUT2D eigenvalue weighted by Gasteiger charge is 2.32. The molecule has 0 saturated carbocycles. The Hall–Kier alpha value is -3.28. The van der Waals surface area contributed by atoms with Crippen molar-refractivity contribution in [2.24, 2.45) is 5.10 Å². The number of para-hydroxylation sites is 1. The second-order valence-electron chi connectivity index (χ2n) is 8.16. The predicted octanol–water partition coefficient (Wildman–Crippen LogP) is 8.71. The molecule has 0 fully saturated rings. The van der Waals surface area contributed by atoms with Crippen LogP contribution in [0.1, 0.15) is 16.7 Å². The summed E-state index contributed by atoms with van der Waals surface area (Å²) >= 11 is 25.3. The van der Waals surface area contributed by atoms with Crippen LogP contribution in [0.3, 0.4) is 0 Å². The van der Waals surface area contributed by atoms with E-state index in [2.05, 4.69) is 5.10 Å². The van der Waals surface area contributed by atoms with E-state index in [4.69, 9.17) is 51.1 Å². The lowest BCUT2D eigenvalue weighted by Crippen LogP contribution is -2.21. The first-order valence-corrected chi connectivity index (χ1v) is 12.7. The fourth-order valence-electron chi connectivity index (χ4n) is 3.85. The first-order valence-electron chi connectivity index (χ1n) is 11.2. The Morgan fingerprint density at radius 3 is 2.08 bits per heavy atom. The summed E-state index contributed by atoms with van der Waals surface area (Å²) in [6.45, 7) is 0.158. The second-order valence-corrected chi connectivity index (χ2v) is 9.82. The van der Waals surface area contributed by atoms with Gasteiger partial charge in [-0.2, -0.15) is 10.1 Å². The molecular weight excluding hydrogens is 550 g/mol. The van der Waals surface area contributed by atoms with Gasteiger partial charge in [-0.15, -0.1) is 0 Å². The van der Waals surface area contributed by atoms with Crippen molar-refractivity contribution in [2.75, 3.05) is 5.01 Å². The standard InChI is InChI=1S/C29H18Cl4N2O2/c30-21-12-11-20(24(31)16-21)17-37-28-25(32)14-18(15-26(28)33)13-23-27(19-7-3-1-4-8-19)34-35(29(23)36)22-9-5-2-6-10-22/h1-16H,17H2/b23-13-. The third-order valence-electron chi connectivity index (χ3n) is 5.64. The first kappa shape index (κ1) is 25.4. The number of hydrogen-bond donors (Lipinski definition) is 0. The Morgan fingerprint density at radius 1 is 0.784 bits per heavy atom. The van der Waals surface area contributed by atoms with E-state index in [1.165, 1.54) is 5.01 Å². The summed E-state index contributed by atoms with van der Waals surface area (Å²) < 4.78 is 5.87. The van der Waals surface area contributed by atoms with Gasteiger partial charge in [0, 0.05) is 21.2 Å². The molecule has 184 valence electrons. The second kappa shape index (κ2) is 11.0. The van der Waals surface area contributed by atoms with Crippen molar-refractivity contribution in [3.63, 3.8) is 0 Å². The summed E-state index contributed by atoms with van der Waals surface area (Å²) in [6.07, 6.45) is 1.73. The molecule has 8 heteroatoms. The minimum atomic E-state index is -0.255. The molecule has 5 rings (SSSR count). The average Bonchev–Trinajstić information content (AvgIpc) is 3.21. The SMILES string of the molecule is O=C1/C(=C\c2cc(Cl)c(OCc3ccc(Cl)cc3Cl)c(Cl)c2)C(c2ccccc2)=NN1c1ccccc1. The largest absolute Gasteiger partial charge is 0.486 e. The molecule has 1 aliphatic rings. The number of amides is 1. The van der Waals surface area contributed by atoms with Gasteiger partial charge in [-0.25, -0.2) is 0 Å². The van der Waals surface area contributed by atoms with Crippen LogP contribution >= 0.6 is 46.4 Å². The number of hydrazone groups is 1. The summed E-state index contributed by atoms with van der Waals surface area (Å²) in [7, 11) is 0. The van der Waals surface area contributed by atoms with Gasteiger partial charge in [0.15, 0.2) is 5.75 Å². The molecule has 0 aliphatic carbocycles. The fourth-order valence-corrected chi connectivity index (χ4v) is 4.93. The van der Waals surface area contributed by atoms with E-state index in [0.717, 1.165) is 11.1 Å². The van der Waals surface area contributed by atoms with Gasteiger partial charge in [-0.1, -0.05) is 101 Å². The Kier molecular flexibility index (Phi) is 7.54. The predicted molar refractivity (Wildman–Crippen MR) is 152 cm³/mol. The zero-order valence-electron chi connectivity index (χ0n) is 19.2.